The maximum Gasteiger partial charge on any atom is 0.304 e. The van der Waals surface area contributed by atoms with E-state index < -0.39 is 45.9 Å². The van der Waals surface area contributed by atoms with E-state index in [1.165, 1.54) is 4.31 Å². The molecule has 3 aromatic rings. The van der Waals surface area contributed by atoms with Crippen LogP contribution in [0.5, 0.6) is 0 Å². The van der Waals surface area contributed by atoms with Gasteiger partial charge in [0.05, 0.1) is 28.6 Å². The van der Waals surface area contributed by atoms with Crippen molar-refractivity contribution < 1.29 is 28.6 Å². The van der Waals surface area contributed by atoms with Crippen LogP contribution in [0.15, 0.2) is 72.8 Å². The quantitative estimate of drug-likeness (QED) is 0.178. The first-order valence-electron chi connectivity index (χ1n) is 15.7. The topological polar surface area (TPSA) is 130 Å². The van der Waals surface area contributed by atoms with Crippen LogP contribution in [0.3, 0.4) is 0 Å². The third-order valence-electron chi connectivity index (χ3n) is 9.86. The lowest BCUT2D eigenvalue weighted by atomic mass is 9.66. The molecule has 2 fully saturated rings. The van der Waals surface area contributed by atoms with Gasteiger partial charge in [-0.15, -0.1) is 0 Å². The van der Waals surface area contributed by atoms with Gasteiger partial charge < -0.3 is 10.4 Å². The van der Waals surface area contributed by atoms with Crippen molar-refractivity contribution >= 4 is 57.6 Å². The van der Waals surface area contributed by atoms with E-state index in [-0.39, 0.29) is 37.0 Å². The Kier molecular flexibility index (Phi) is 8.80. The summed E-state index contributed by atoms with van der Waals surface area (Å²) in [7, 11) is -3.97. The third-order valence-corrected chi connectivity index (χ3v) is 12.5. The van der Waals surface area contributed by atoms with E-state index in [1.54, 1.807) is 67.5 Å². The minimum atomic E-state index is -3.97. The number of halogens is 2. The van der Waals surface area contributed by atoms with Gasteiger partial charge in [-0.3, -0.25) is 23.5 Å². The Bertz CT molecular complexity index is 1720. The number of carbonyl (C=O) groups is 3. The molecule has 0 radical (unpaired) electrons. The lowest BCUT2D eigenvalue weighted by molar-refractivity contribution is -0.147. The van der Waals surface area contributed by atoms with E-state index in [0.717, 1.165) is 24.0 Å². The zero-order chi connectivity index (χ0) is 33.9. The minimum absolute atomic E-state index is 0.0886. The number of piperidine rings is 1. The molecule has 0 bridgehead atoms. The smallest absolute Gasteiger partial charge is 0.304 e. The first kappa shape index (κ1) is 33.6. The van der Waals surface area contributed by atoms with Crippen LogP contribution in [0.25, 0.3) is 0 Å². The molecule has 12 heteroatoms. The number of fused-ring (bicyclic) bond motifs is 1. The van der Waals surface area contributed by atoms with Gasteiger partial charge in [0.25, 0.3) is 5.91 Å². The summed E-state index contributed by atoms with van der Waals surface area (Å²) in [5.74, 6) is -2.38. The molecule has 1 saturated carbocycles. The molecule has 47 heavy (non-hydrogen) atoms. The van der Waals surface area contributed by atoms with Crippen LogP contribution in [-0.2, 0) is 15.1 Å². The number of carboxylic acid groups (broad SMARTS) is 1. The summed E-state index contributed by atoms with van der Waals surface area (Å²) in [5.41, 5.74) is 0.00915. The van der Waals surface area contributed by atoms with Gasteiger partial charge in [0.15, 0.2) is 0 Å². The molecular weight excluding hydrogens is 661 g/mol. The zero-order valence-corrected chi connectivity index (χ0v) is 28.7. The predicted octanol–water partition coefficient (Wildman–Crippen LogP) is 8.09. The molecule has 6 rings (SSSR count). The van der Waals surface area contributed by atoms with E-state index >= 15 is 0 Å². The fourth-order valence-corrected chi connectivity index (χ4v) is 10.3. The van der Waals surface area contributed by atoms with Gasteiger partial charge in [-0.25, -0.2) is 8.61 Å². The lowest BCUT2D eigenvalue weighted by Gasteiger charge is -2.62. The van der Waals surface area contributed by atoms with Crippen molar-refractivity contribution in [3.05, 3.63) is 99.5 Å². The molecule has 3 aliphatic rings. The van der Waals surface area contributed by atoms with Gasteiger partial charge in [0.1, 0.15) is 0 Å². The Labute approximate surface area is 286 Å². The van der Waals surface area contributed by atoms with Gasteiger partial charge in [-0.1, -0.05) is 66.5 Å². The number of benzene rings is 3. The monoisotopic (exact) mass is 699 g/mol. The normalized spacial score (nSPS) is 26.0. The van der Waals surface area contributed by atoms with Gasteiger partial charge in [0, 0.05) is 28.0 Å². The molecule has 0 aromatic heterocycles. The molecule has 2 heterocycles. The van der Waals surface area contributed by atoms with Crippen molar-refractivity contribution in [3.8, 4) is 0 Å². The number of rotatable bonds is 9. The molecule has 4 N–H and O–H groups in total. The van der Waals surface area contributed by atoms with Crippen LogP contribution in [0.4, 0.5) is 5.69 Å². The van der Waals surface area contributed by atoms with E-state index in [9.17, 15) is 28.6 Å². The molecule has 1 aliphatic carbocycles. The third kappa shape index (κ3) is 5.88. The maximum atomic E-state index is 13.9. The number of para-hydroxylation sites is 1. The second kappa shape index (κ2) is 12.3. The molecular formula is C35H39Cl2N3O6S. The number of nitrogens with zero attached hydrogens (tertiary/aromatic N) is 2. The minimum Gasteiger partial charge on any atom is -0.481 e. The molecule has 4 atom stereocenters. The van der Waals surface area contributed by atoms with Crippen LogP contribution in [0.1, 0.15) is 80.3 Å². The van der Waals surface area contributed by atoms with E-state index in [0.29, 0.717) is 21.3 Å². The van der Waals surface area contributed by atoms with E-state index in [1.807, 2.05) is 30.3 Å². The first-order chi connectivity index (χ1) is 22.2. The molecule has 2 amide bonds. The number of hydrogen-bond acceptors (Lipinski definition) is 6. The summed E-state index contributed by atoms with van der Waals surface area (Å²) >= 11 is 12.9. The first-order valence-corrected chi connectivity index (χ1v) is 18.0. The number of anilines is 1. The van der Waals surface area contributed by atoms with E-state index in [4.69, 9.17) is 23.2 Å². The Hall–Kier alpha value is -3.28. The predicted molar refractivity (Wildman–Crippen MR) is 185 cm³/mol. The molecule has 2 aliphatic heterocycles. The average Bonchev–Trinajstić information content (AvgIpc) is 3.84. The summed E-state index contributed by atoms with van der Waals surface area (Å²) in [4.78, 5) is 39.6. The van der Waals surface area contributed by atoms with Crippen LogP contribution < -0.4 is 9.62 Å². The van der Waals surface area contributed by atoms with Crippen molar-refractivity contribution in [3.63, 3.8) is 0 Å². The number of carbonyl (C=O) groups excluding carboxylic acids is 2. The molecule has 250 valence electrons. The second-order valence-electron chi connectivity index (χ2n) is 13.5. The van der Waals surface area contributed by atoms with Crippen LogP contribution >= 0.6 is 34.2 Å². The largest absolute Gasteiger partial charge is 0.481 e. The molecule has 9 nitrogen and oxygen atoms in total. The SMILES string of the molecule is CC(C)N1C(=O)c2ccccc2N([C@](C[C@@H]2NC(=O)[C@](C)(CC(=O)O)C[C@@H]2c2cccc(Cl)c2)(c2ccc(Cl)cc2)C2CC2)S1(O)O. The van der Waals surface area contributed by atoms with Crippen LogP contribution in [0.2, 0.25) is 10.0 Å². The molecule has 1 saturated heterocycles. The Morgan fingerprint density at radius 1 is 1.02 bits per heavy atom. The fraction of sp³-hybridized carbons (Fsp3) is 0.400. The van der Waals surface area contributed by atoms with Gasteiger partial charge in [0.2, 0.25) is 5.91 Å². The van der Waals surface area contributed by atoms with Gasteiger partial charge >= 0.3 is 5.97 Å². The molecule has 0 unspecified atom stereocenters. The number of aliphatic carboxylic acids is 1. The van der Waals surface area contributed by atoms with Crippen LogP contribution in [0, 0.1) is 11.3 Å². The van der Waals surface area contributed by atoms with Crippen molar-refractivity contribution in [1.29, 1.82) is 0 Å². The van der Waals surface area contributed by atoms with Gasteiger partial charge in [-0.05, 0) is 104 Å². The Morgan fingerprint density at radius 2 is 1.70 bits per heavy atom. The summed E-state index contributed by atoms with van der Waals surface area (Å²) in [5, 5.41) is 14.0. The van der Waals surface area contributed by atoms with Crippen molar-refractivity contribution in [2.75, 3.05) is 4.31 Å². The van der Waals surface area contributed by atoms with Gasteiger partial charge in [-0.2, -0.15) is 0 Å². The van der Waals surface area contributed by atoms with Crippen molar-refractivity contribution in [2.24, 2.45) is 11.3 Å². The average molecular weight is 701 g/mol. The zero-order valence-electron chi connectivity index (χ0n) is 26.4. The standard InChI is InChI=1S/C35H39Cl2N3O6S/c1-21(2)39-32(43)27-9-4-5-10-30(27)40(47(39,45)46)35(23-11-12-23,24-13-15-25(36)16-14-24)19-29-28(22-7-6-8-26(37)17-22)18-34(3,20-31(41)42)33(44)38-29/h4-10,13-17,21,23,28-29,45-46H,11-12,18-20H2,1-3H3,(H,38,44)(H,41,42)/t28-,29+,34+,35+/m1/s1. The maximum absolute atomic E-state index is 13.9. The summed E-state index contributed by atoms with van der Waals surface area (Å²) in [6, 6.07) is 20.5. The number of carboxylic acids is 1. The molecule has 3 aromatic carbocycles. The van der Waals surface area contributed by atoms with Crippen molar-refractivity contribution in [1.82, 2.24) is 9.62 Å². The highest BCUT2D eigenvalue weighted by molar-refractivity contribution is 8.24. The number of amides is 2. The summed E-state index contributed by atoms with van der Waals surface area (Å²) in [6.45, 7) is 5.17. The van der Waals surface area contributed by atoms with Crippen LogP contribution in [-0.4, -0.2) is 48.4 Å². The highest BCUT2D eigenvalue weighted by Crippen LogP contribution is 2.67. The Balaban J connectivity index is 1.59. The fourth-order valence-electron chi connectivity index (χ4n) is 7.68. The highest BCUT2D eigenvalue weighted by Gasteiger charge is 2.61. The highest BCUT2D eigenvalue weighted by atomic mass is 35.5. The van der Waals surface area contributed by atoms with E-state index in [2.05, 4.69) is 5.32 Å². The number of nitrogens with one attached hydrogen (secondary N) is 1. The summed E-state index contributed by atoms with van der Waals surface area (Å²) < 4.78 is 27.5. The summed E-state index contributed by atoms with van der Waals surface area (Å²) in [6.07, 6.45) is 1.65. The second-order valence-corrected chi connectivity index (χ2v) is 16.1. The van der Waals surface area contributed by atoms with Crippen molar-refractivity contribution in [2.45, 2.75) is 76.4 Å². The number of hydrogen-bond donors (Lipinski definition) is 4. The Morgan fingerprint density at radius 3 is 2.32 bits per heavy atom. The lowest BCUT2D eigenvalue weighted by Crippen LogP contribution is -2.62. The molecule has 0 spiro atoms.